The molecule has 7 heteroatoms. The van der Waals surface area contributed by atoms with Crippen molar-refractivity contribution >= 4 is 18.1 Å². The molecule has 0 fully saturated rings. The van der Waals surface area contributed by atoms with E-state index in [1.165, 1.54) is 13.2 Å². The largest absolute Gasteiger partial charge is 0.504 e. The molecule has 1 aromatic rings. The number of aromatic hydroxyl groups is 1. The number of phenols is 1. The van der Waals surface area contributed by atoms with Crippen molar-refractivity contribution in [2.24, 2.45) is 5.73 Å². The van der Waals surface area contributed by atoms with Crippen molar-refractivity contribution in [1.29, 1.82) is 0 Å². The van der Waals surface area contributed by atoms with E-state index in [2.05, 4.69) is 6.58 Å². The summed E-state index contributed by atoms with van der Waals surface area (Å²) in [4.78, 5) is 10.2. The lowest BCUT2D eigenvalue weighted by atomic mass is 10.0. The average molecular weight is 275 g/mol. The van der Waals surface area contributed by atoms with Crippen LogP contribution in [0.25, 0.3) is 0 Å². The maximum atomic E-state index is 10.7. The molecule has 0 unspecified atom stereocenters. The fourth-order valence-electron chi connectivity index (χ4n) is 1.46. The van der Waals surface area contributed by atoms with Crippen LogP contribution >= 0.6 is 12.4 Å². The smallest absolute Gasteiger partial charge is 0.273 e. The van der Waals surface area contributed by atoms with Crippen LogP contribution in [0.1, 0.15) is 18.0 Å². The van der Waals surface area contributed by atoms with E-state index in [0.29, 0.717) is 6.42 Å². The third kappa shape index (κ3) is 3.35. The zero-order chi connectivity index (χ0) is 13.0. The minimum absolute atomic E-state index is 0. The first kappa shape index (κ1) is 16.2. The molecule has 0 aromatic heterocycles. The summed E-state index contributed by atoms with van der Waals surface area (Å²) in [5.74, 6) is -0.138. The van der Waals surface area contributed by atoms with Crippen LogP contribution in [0.4, 0.5) is 5.69 Å². The Balaban J connectivity index is 0.00000289. The molecule has 0 aliphatic heterocycles. The first-order valence-corrected chi connectivity index (χ1v) is 4.93. The Morgan fingerprint density at radius 1 is 1.67 bits per heavy atom. The van der Waals surface area contributed by atoms with Crippen molar-refractivity contribution in [1.82, 2.24) is 0 Å². The van der Waals surface area contributed by atoms with Gasteiger partial charge >= 0.3 is 0 Å². The van der Waals surface area contributed by atoms with Gasteiger partial charge in [0.25, 0.3) is 5.69 Å². The molecule has 0 saturated heterocycles. The standard InChI is InChI=1S/C11H14N2O4.ClH/c1-3-4-9(12)8-5-7(13(15)16)6-10(17-2)11(8)14;/h3,5-6,9,14H,1,4,12H2,2H3;1H/t9-;/m1./s1. The molecule has 3 N–H and O–H groups in total. The Bertz CT molecular complexity index is 451. The molecule has 0 aliphatic carbocycles. The van der Waals surface area contributed by atoms with Crippen LogP contribution in [0.15, 0.2) is 24.8 Å². The number of hydrogen-bond donors (Lipinski definition) is 2. The number of rotatable bonds is 5. The number of methoxy groups -OCH3 is 1. The van der Waals surface area contributed by atoms with Crippen molar-refractivity contribution in [3.8, 4) is 11.5 Å². The molecule has 0 spiro atoms. The normalized spacial score (nSPS) is 11.2. The Labute approximate surface area is 111 Å². The van der Waals surface area contributed by atoms with Gasteiger partial charge in [-0.05, 0) is 6.42 Å². The highest BCUT2D eigenvalue weighted by Crippen LogP contribution is 2.37. The van der Waals surface area contributed by atoms with Gasteiger partial charge in [0.15, 0.2) is 11.5 Å². The summed E-state index contributed by atoms with van der Waals surface area (Å²) in [7, 11) is 1.32. The summed E-state index contributed by atoms with van der Waals surface area (Å²) in [6, 6.07) is 1.84. The van der Waals surface area contributed by atoms with Gasteiger partial charge in [-0.2, -0.15) is 0 Å². The first-order valence-electron chi connectivity index (χ1n) is 4.93. The predicted molar refractivity (Wildman–Crippen MR) is 70.3 cm³/mol. The SMILES string of the molecule is C=CC[C@@H](N)c1cc([N+](=O)[O-])cc(OC)c1O.Cl. The van der Waals surface area contributed by atoms with Crippen LogP contribution in [0, 0.1) is 10.1 Å². The highest BCUT2D eigenvalue weighted by molar-refractivity contribution is 5.85. The van der Waals surface area contributed by atoms with E-state index in [1.807, 2.05) is 0 Å². The van der Waals surface area contributed by atoms with Crippen molar-refractivity contribution in [3.05, 3.63) is 40.5 Å². The Hall–Kier alpha value is -1.79. The molecule has 1 rings (SSSR count). The highest BCUT2D eigenvalue weighted by Gasteiger charge is 2.20. The molecule has 0 amide bonds. The molecule has 6 nitrogen and oxygen atoms in total. The summed E-state index contributed by atoms with van der Waals surface area (Å²) in [5.41, 5.74) is 5.89. The van der Waals surface area contributed by atoms with Crippen molar-refractivity contribution in [2.45, 2.75) is 12.5 Å². The van der Waals surface area contributed by atoms with Crippen LogP contribution in [-0.2, 0) is 0 Å². The molecule has 1 atom stereocenters. The monoisotopic (exact) mass is 274 g/mol. The van der Waals surface area contributed by atoms with Crippen LogP contribution in [0.2, 0.25) is 0 Å². The van der Waals surface area contributed by atoms with Gasteiger partial charge < -0.3 is 15.6 Å². The van der Waals surface area contributed by atoms with Crippen molar-refractivity contribution in [2.75, 3.05) is 7.11 Å². The molecular formula is C11H15ClN2O4. The van der Waals surface area contributed by atoms with E-state index >= 15 is 0 Å². The highest BCUT2D eigenvalue weighted by atomic mass is 35.5. The number of non-ortho nitro benzene ring substituents is 1. The first-order chi connectivity index (χ1) is 8.01. The zero-order valence-corrected chi connectivity index (χ0v) is 10.6. The van der Waals surface area contributed by atoms with Crippen LogP contribution in [0.5, 0.6) is 11.5 Å². The average Bonchev–Trinajstić information content (AvgIpc) is 2.29. The number of ether oxygens (including phenoxy) is 1. The fraction of sp³-hybridized carbons (Fsp3) is 0.273. The van der Waals surface area contributed by atoms with Gasteiger partial charge in [-0.25, -0.2) is 0 Å². The molecule has 100 valence electrons. The van der Waals surface area contributed by atoms with Crippen LogP contribution in [-0.4, -0.2) is 17.1 Å². The second-order valence-electron chi connectivity index (χ2n) is 3.47. The van der Waals surface area contributed by atoms with Gasteiger partial charge in [0.05, 0.1) is 18.1 Å². The minimum Gasteiger partial charge on any atom is -0.504 e. The van der Waals surface area contributed by atoms with Crippen LogP contribution in [0.3, 0.4) is 0 Å². The zero-order valence-electron chi connectivity index (χ0n) is 9.83. The third-order valence-corrected chi connectivity index (χ3v) is 2.34. The number of nitrogens with two attached hydrogens (primary N) is 1. The number of nitrogens with zero attached hydrogens (tertiary/aromatic N) is 1. The summed E-state index contributed by atoms with van der Waals surface area (Å²) in [5, 5.41) is 20.6. The topological polar surface area (TPSA) is 98.6 Å². The van der Waals surface area contributed by atoms with Crippen molar-refractivity contribution < 1.29 is 14.8 Å². The Morgan fingerprint density at radius 3 is 2.72 bits per heavy atom. The van der Waals surface area contributed by atoms with Gasteiger partial charge in [-0.3, -0.25) is 10.1 Å². The van der Waals surface area contributed by atoms with E-state index in [-0.39, 0.29) is 35.2 Å². The molecule has 1 aromatic carbocycles. The summed E-state index contributed by atoms with van der Waals surface area (Å²) in [6.45, 7) is 3.53. The van der Waals surface area contributed by atoms with E-state index in [1.54, 1.807) is 6.08 Å². The summed E-state index contributed by atoms with van der Waals surface area (Å²) in [6.07, 6.45) is 1.98. The third-order valence-electron chi connectivity index (χ3n) is 2.34. The van der Waals surface area contributed by atoms with E-state index in [4.69, 9.17) is 10.5 Å². The molecular weight excluding hydrogens is 260 g/mol. The molecule has 0 radical (unpaired) electrons. The number of nitro benzene ring substituents is 1. The maximum Gasteiger partial charge on any atom is 0.273 e. The number of hydrogen-bond acceptors (Lipinski definition) is 5. The Kier molecular flexibility index (Phi) is 6.15. The van der Waals surface area contributed by atoms with Crippen LogP contribution < -0.4 is 10.5 Å². The summed E-state index contributed by atoms with van der Waals surface area (Å²) < 4.78 is 4.87. The van der Waals surface area contributed by atoms with E-state index in [0.717, 1.165) is 6.07 Å². The van der Waals surface area contributed by atoms with Gasteiger partial charge in [-0.15, -0.1) is 19.0 Å². The Morgan fingerprint density at radius 2 is 2.28 bits per heavy atom. The predicted octanol–water partition coefficient (Wildman–Crippen LogP) is 2.31. The molecule has 0 bridgehead atoms. The molecule has 18 heavy (non-hydrogen) atoms. The lowest BCUT2D eigenvalue weighted by Crippen LogP contribution is -2.10. The van der Waals surface area contributed by atoms with Gasteiger partial charge in [0.1, 0.15) is 0 Å². The van der Waals surface area contributed by atoms with Gasteiger partial charge in [0.2, 0.25) is 0 Å². The minimum atomic E-state index is -0.563. The van der Waals surface area contributed by atoms with Crippen molar-refractivity contribution in [3.63, 3.8) is 0 Å². The quantitative estimate of drug-likeness (QED) is 0.488. The second-order valence-corrected chi connectivity index (χ2v) is 3.47. The lowest BCUT2D eigenvalue weighted by Gasteiger charge is -2.13. The number of benzene rings is 1. The molecule has 0 aliphatic rings. The van der Waals surface area contributed by atoms with Gasteiger partial charge in [-0.1, -0.05) is 6.08 Å². The number of halogens is 1. The molecule has 0 heterocycles. The second kappa shape index (κ2) is 6.83. The lowest BCUT2D eigenvalue weighted by molar-refractivity contribution is -0.385. The molecule has 0 saturated carbocycles. The number of phenolic OH excluding ortho intramolecular Hbond substituents is 1. The van der Waals surface area contributed by atoms with Gasteiger partial charge in [0, 0.05) is 17.7 Å². The fourth-order valence-corrected chi connectivity index (χ4v) is 1.46. The summed E-state index contributed by atoms with van der Waals surface area (Å²) >= 11 is 0. The maximum absolute atomic E-state index is 10.7. The van der Waals surface area contributed by atoms with E-state index < -0.39 is 11.0 Å². The number of nitro groups is 1. The van der Waals surface area contributed by atoms with E-state index in [9.17, 15) is 15.2 Å².